The monoisotopic (exact) mass is 281 g/mol. The Kier molecular flexibility index (Phi) is 3.48. The SMILES string of the molecule is CC(C#N)C(=O)NC1C=C(C(=O)O)N2C(=O)C[C@H]2S1. The molecule has 0 spiro atoms. The quantitative estimate of drug-likeness (QED) is 0.697. The fourth-order valence-corrected chi connectivity index (χ4v) is 3.11. The van der Waals surface area contributed by atoms with Crippen LogP contribution < -0.4 is 5.32 Å². The Morgan fingerprint density at radius 3 is 2.89 bits per heavy atom. The second kappa shape index (κ2) is 4.93. The highest BCUT2D eigenvalue weighted by Gasteiger charge is 2.45. The van der Waals surface area contributed by atoms with E-state index in [4.69, 9.17) is 10.4 Å². The lowest BCUT2D eigenvalue weighted by molar-refractivity contribution is -0.146. The van der Waals surface area contributed by atoms with E-state index in [1.165, 1.54) is 29.7 Å². The van der Waals surface area contributed by atoms with Crippen molar-refractivity contribution in [3.63, 3.8) is 0 Å². The van der Waals surface area contributed by atoms with E-state index in [-0.39, 0.29) is 23.4 Å². The molecule has 8 heteroatoms. The maximum Gasteiger partial charge on any atom is 0.352 e. The number of rotatable bonds is 3. The second-order valence-corrected chi connectivity index (χ2v) is 5.52. The highest BCUT2D eigenvalue weighted by atomic mass is 32.2. The Morgan fingerprint density at radius 1 is 1.68 bits per heavy atom. The number of nitrogens with one attached hydrogen (secondary N) is 1. The molecule has 3 atom stereocenters. The summed E-state index contributed by atoms with van der Waals surface area (Å²) in [5.74, 6) is -2.70. The van der Waals surface area contributed by atoms with Gasteiger partial charge in [0.2, 0.25) is 11.8 Å². The summed E-state index contributed by atoms with van der Waals surface area (Å²) in [4.78, 5) is 35.2. The van der Waals surface area contributed by atoms with Crippen LogP contribution in [0.25, 0.3) is 0 Å². The summed E-state index contributed by atoms with van der Waals surface area (Å²) >= 11 is 1.29. The van der Waals surface area contributed by atoms with E-state index in [0.717, 1.165) is 0 Å². The van der Waals surface area contributed by atoms with Crippen LogP contribution in [0.3, 0.4) is 0 Å². The van der Waals surface area contributed by atoms with E-state index in [1.54, 1.807) is 6.07 Å². The third kappa shape index (κ3) is 2.42. The van der Waals surface area contributed by atoms with Crippen molar-refractivity contribution >= 4 is 29.5 Å². The predicted molar refractivity (Wildman–Crippen MR) is 65.3 cm³/mol. The number of fused-ring (bicyclic) bond motifs is 1. The van der Waals surface area contributed by atoms with Crippen LogP contribution in [0.5, 0.6) is 0 Å². The molecule has 0 radical (unpaired) electrons. The van der Waals surface area contributed by atoms with Gasteiger partial charge in [-0.05, 0) is 13.0 Å². The number of nitrogens with zero attached hydrogens (tertiary/aromatic N) is 2. The first-order chi connectivity index (χ1) is 8.93. The van der Waals surface area contributed by atoms with Gasteiger partial charge in [0.1, 0.15) is 11.6 Å². The molecule has 7 nitrogen and oxygen atoms in total. The third-order valence-corrected chi connectivity index (χ3v) is 4.11. The minimum Gasteiger partial charge on any atom is -0.477 e. The molecule has 2 N–H and O–H groups in total. The van der Waals surface area contributed by atoms with Gasteiger partial charge in [0, 0.05) is 0 Å². The van der Waals surface area contributed by atoms with E-state index in [2.05, 4.69) is 5.32 Å². The van der Waals surface area contributed by atoms with Gasteiger partial charge in [-0.15, -0.1) is 11.8 Å². The van der Waals surface area contributed by atoms with Crippen molar-refractivity contribution < 1.29 is 19.5 Å². The molecule has 2 aliphatic heterocycles. The van der Waals surface area contributed by atoms with E-state index in [9.17, 15) is 14.4 Å². The number of nitriles is 1. The van der Waals surface area contributed by atoms with Crippen molar-refractivity contribution in [2.75, 3.05) is 0 Å². The summed E-state index contributed by atoms with van der Waals surface area (Å²) in [6.45, 7) is 1.46. The number of carboxylic acid groups (broad SMARTS) is 1. The molecule has 0 saturated carbocycles. The van der Waals surface area contributed by atoms with E-state index < -0.39 is 23.2 Å². The zero-order valence-corrected chi connectivity index (χ0v) is 10.8. The lowest BCUT2D eigenvalue weighted by Gasteiger charge is -2.44. The average molecular weight is 281 g/mol. The molecular formula is C11H11N3O4S. The van der Waals surface area contributed by atoms with Crippen LogP contribution in [0.15, 0.2) is 11.8 Å². The molecule has 1 fully saturated rings. The van der Waals surface area contributed by atoms with Crippen molar-refractivity contribution in [1.29, 1.82) is 5.26 Å². The fourth-order valence-electron chi connectivity index (χ4n) is 1.79. The number of carbonyl (C=O) groups is 3. The highest BCUT2D eigenvalue weighted by molar-refractivity contribution is 8.00. The predicted octanol–water partition coefficient (Wildman–Crippen LogP) is -0.138. The normalized spacial score (nSPS) is 26.4. The summed E-state index contributed by atoms with van der Waals surface area (Å²) in [5, 5.41) is 19.5. The van der Waals surface area contributed by atoms with Gasteiger partial charge in [-0.1, -0.05) is 0 Å². The number of hydrogen-bond acceptors (Lipinski definition) is 5. The van der Waals surface area contributed by atoms with Crippen LogP contribution in [-0.4, -0.2) is 38.5 Å². The van der Waals surface area contributed by atoms with E-state index in [0.29, 0.717) is 0 Å². The van der Waals surface area contributed by atoms with Gasteiger partial charge in [-0.25, -0.2) is 4.79 Å². The Bertz CT molecular complexity index is 525. The molecule has 2 aliphatic rings. The number of thioether (sulfide) groups is 1. The minimum absolute atomic E-state index is 0.116. The lowest BCUT2D eigenvalue weighted by Crippen LogP contribution is -2.56. The second-order valence-electron chi connectivity index (χ2n) is 4.20. The molecule has 100 valence electrons. The molecule has 0 aromatic carbocycles. The van der Waals surface area contributed by atoms with Crippen molar-refractivity contribution in [3.05, 3.63) is 11.8 Å². The molecule has 2 rings (SSSR count). The van der Waals surface area contributed by atoms with Crippen LogP contribution in [0.4, 0.5) is 0 Å². The Balaban J connectivity index is 2.14. The minimum atomic E-state index is -1.20. The smallest absolute Gasteiger partial charge is 0.352 e. The first-order valence-electron chi connectivity index (χ1n) is 5.56. The first kappa shape index (κ1) is 13.4. The molecular weight excluding hydrogens is 270 g/mol. The molecule has 0 aliphatic carbocycles. The maximum atomic E-state index is 11.6. The molecule has 0 aromatic heterocycles. The van der Waals surface area contributed by atoms with Crippen molar-refractivity contribution in [1.82, 2.24) is 10.2 Å². The Labute approximate surface area is 113 Å². The fraction of sp³-hybridized carbons (Fsp3) is 0.455. The van der Waals surface area contributed by atoms with Gasteiger partial charge < -0.3 is 10.4 Å². The lowest BCUT2D eigenvalue weighted by atomic mass is 10.1. The maximum absolute atomic E-state index is 11.6. The van der Waals surface area contributed by atoms with Gasteiger partial charge in [0.15, 0.2) is 0 Å². The van der Waals surface area contributed by atoms with Crippen LogP contribution in [0.1, 0.15) is 13.3 Å². The van der Waals surface area contributed by atoms with E-state index in [1.807, 2.05) is 0 Å². The van der Waals surface area contributed by atoms with Crippen LogP contribution in [0.2, 0.25) is 0 Å². The number of carbonyl (C=O) groups excluding carboxylic acids is 2. The summed E-state index contributed by atoms with van der Waals surface area (Å²) in [7, 11) is 0. The largest absolute Gasteiger partial charge is 0.477 e. The van der Waals surface area contributed by atoms with Crippen LogP contribution >= 0.6 is 11.8 Å². The van der Waals surface area contributed by atoms with Gasteiger partial charge in [0.05, 0.1) is 23.2 Å². The first-order valence-corrected chi connectivity index (χ1v) is 6.51. The molecule has 0 bridgehead atoms. The van der Waals surface area contributed by atoms with Crippen molar-refractivity contribution in [3.8, 4) is 6.07 Å². The molecule has 2 amide bonds. The van der Waals surface area contributed by atoms with E-state index >= 15 is 0 Å². The van der Waals surface area contributed by atoms with Crippen LogP contribution in [0, 0.1) is 17.2 Å². The molecule has 0 aromatic rings. The summed E-state index contributed by atoms with van der Waals surface area (Å²) in [5.41, 5.74) is -0.116. The molecule has 2 unspecified atom stereocenters. The molecule has 19 heavy (non-hydrogen) atoms. The van der Waals surface area contributed by atoms with Gasteiger partial charge in [-0.2, -0.15) is 5.26 Å². The zero-order chi connectivity index (χ0) is 14.2. The van der Waals surface area contributed by atoms with Gasteiger partial charge in [-0.3, -0.25) is 14.5 Å². The summed E-state index contributed by atoms with van der Waals surface area (Å²) in [6, 6.07) is 1.81. The molecule has 2 heterocycles. The number of hydrogen-bond donors (Lipinski definition) is 2. The standard InChI is InChI=1S/C11H11N3O4S/c1-5(4-12)10(16)13-7-2-6(11(17)18)14-8(15)3-9(14)19-7/h2,5,7,9H,3H2,1H3,(H,13,16)(H,17,18)/t5?,7?,9-/m1/s1. The molecule has 1 saturated heterocycles. The van der Waals surface area contributed by atoms with Gasteiger partial charge in [0.25, 0.3) is 0 Å². The number of aliphatic carboxylic acids is 1. The third-order valence-electron chi connectivity index (χ3n) is 2.87. The number of amides is 2. The number of β-lactam (4-membered cyclic amide) rings is 1. The summed E-state index contributed by atoms with van der Waals surface area (Å²) in [6.07, 6.45) is 1.58. The Hall–Kier alpha value is -2.01. The number of carboxylic acids is 1. The summed E-state index contributed by atoms with van der Waals surface area (Å²) < 4.78 is 0. The average Bonchev–Trinajstić information content (AvgIpc) is 2.35. The zero-order valence-electron chi connectivity index (χ0n) is 9.99. The highest BCUT2D eigenvalue weighted by Crippen LogP contribution is 2.39. The topological polar surface area (TPSA) is 110 Å². The van der Waals surface area contributed by atoms with Crippen molar-refractivity contribution in [2.45, 2.75) is 24.1 Å². The van der Waals surface area contributed by atoms with Gasteiger partial charge >= 0.3 is 5.97 Å². The van der Waals surface area contributed by atoms with Crippen molar-refractivity contribution in [2.24, 2.45) is 5.92 Å². The van der Waals surface area contributed by atoms with Crippen LogP contribution in [-0.2, 0) is 14.4 Å². The Morgan fingerprint density at radius 2 is 2.37 bits per heavy atom.